The first-order valence-corrected chi connectivity index (χ1v) is 10.3. The van der Waals surface area contributed by atoms with E-state index in [9.17, 15) is 19.7 Å². The molecule has 1 atom stereocenters. The summed E-state index contributed by atoms with van der Waals surface area (Å²) in [5.74, 6) is 0.367. The highest BCUT2D eigenvalue weighted by atomic mass is 32.2. The Kier molecular flexibility index (Phi) is 5.76. The first kappa shape index (κ1) is 20.7. The van der Waals surface area contributed by atoms with Gasteiger partial charge in [-0.2, -0.15) is 0 Å². The zero-order valence-electron chi connectivity index (χ0n) is 16.4. The van der Waals surface area contributed by atoms with E-state index in [-0.39, 0.29) is 23.7 Å². The van der Waals surface area contributed by atoms with Crippen LogP contribution in [-0.4, -0.2) is 40.4 Å². The van der Waals surface area contributed by atoms with Crippen molar-refractivity contribution in [3.8, 4) is 11.5 Å². The van der Waals surface area contributed by atoms with Gasteiger partial charge in [0.2, 0.25) is 11.8 Å². The molecule has 2 aromatic rings. The average Bonchev–Trinajstić information content (AvgIpc) is 3.07. The Morgan fingerprint density at radius 2 is 2.03 bits per heavy atom. The molecule has 11 heteroatoms. The zero-order chi connectivity index (χ0) is 22.0. The van der Waals surface area contributed by atoms with Crippen molar-refractivity contribution in [2.45, 2.75) is 18.6 Å². The molecule has 160 valence electrons. The van der Waals surface area contributed by atoms with Gasteiger partial charge in [0, 0.05) is 18.6 Å². The SMILES string of the molecule is Cc1ccc(NC(=O)CC2SC(=Nc3ccc4c(c3)OCCO4)NC2=O)c([N+](=O)[O-])c1. The number of rotatable bonds is 5. The molecule has 0 radical (unpaired) electrons. The number of carbonyl (C=O) groups excluding carboxylic acids is 2. The van der Waals surface area contributed by atoms with E-state index in [1.54, 1.807) is 31.2 Å². The van der Waals surface area contributed by atoms with Gasteiger partial charge in [0.15, 0.2) is 16.7 Å². The van der Waals surface area contributed by atoms with E-state index >= 15 is 0 Å². The van der Waals surface area contributed by atoms with Gasteiger partial charge in [0.1, 0.15) is 24.2 Å². The summed E-state index contributed by atoms with van der Waals surface area (Å²) in [6.07, 6.45) is -0.151. The highest BCUT2D eigenvalue weighted by molar-refractivity contribution is 8.15. The fourth-order valence-corrected chi connectivity index (χ4v) is 4.07. The van der Waals surface area contributed by atoms with Crippen LogP contribution >= 0.6 is 11.8 Å². The molecular formula is C20H18N4O6S. The summed E-state index contributed by atoms with van der Waals surface area (Å²) in [7, 11) is 0. The molecule has 10 nitrogen and oxygen atoms in total. The highest BCUT2D eigenvalue weighted by Crippen LogP contribution is 2.35. The fraction of sp³-hybridized carbons (Fsp3) is 0.250. The Labute approximate surface area is 181 Å². The molecule has 2 aliphatic heterocycles. The van der Waals surface area contributed by atoms with Gasteiger partial charge in [0.05, 0.1) is 10.6 Å². The molecule has 0 saturated carbocycles. The van der Waals surface area contributed by atoms with Gasteiger partial charge < -0.3 is 20.1 Å². The van der Waals surface area contributed by atoms with E-state index in [0.717, 1.165) is 11.8 Å². The van der Waals surface area contributed by atoms with Gasteiger partial charge in [0.25, 0.3) is 5.69 Å². The van der Waals surface area contributed by atoms with E-state index in [1.807, 2.05) is 0 Å². The molecule has 31 heavy (non-hydrogen) atoms. The molecule has 2 amide bonds. The van der Waals surface area contributed by atoms with Crippen molar-refractivity contribution in [3.63, 3.8) is 0 Å². The number of hydrogen-bond donors (Lipinski definition) is 2. The number of thioether (sulfide) groups is 1. The molecule has 2 aliphatic rings. The van der Waals surface area contributed by atoms with Crippen LogP contribution in [0.1, 0.15) is 12.0 Å². The third kappa shape index (κ3) is 4.77. The maximum atomic E-state index is 12.4. The largest absolute Gasteiger partial charge is 0.486 e. The minimum atomic E-state index is -0.694. The second-order valence-corrected chi connectivity index (χ2v) is 8.06. The molecule has 4 rings (SSSR count). The van der Waals surface area contributed by atoms with Crippen molar-refractivity contribution < 1.29 is 24.0 Å². The number of hydrogen-bond acceptors (Lipinski definition) is 8. The van der Waals surface area contributed by atoms with Crippen LogP contribution in [-0.2, 0) is 9.59 Å². The van der Waals surface area contributed by atoms with Crippen molar-refractivity contribution in [1.29, 1.82) is 0 Å². The first-order valence-electron chi connectivity index (χ1n) is 9.40. The number of aliphatic imine (C=N–C) groups is 1. The van der Waals surface area contributed by atoms with E-state index in [0.29, 0.717) is 41.1 Å². The van der Waals surface area contributed by atoms with Crippen LogP contribution in [0, 0.1) is 17.0 Å². The van der Waals surface area contributed by atoms with Crippen LogP contribution in [0.25, 0.3) is 0 Å². The standard InChI is InChI=1S/C20H18N4O6S/c1-11-2-4-13(14(8-11)24(27)28)22-18(25)10-17-19(26)23-20(31-17)21-12-3-5-15-16(9-12)30-7-6-29-15/h2-5,8-9,17H,6-7,10H2,1H3,(H,22,25)(H,21,23,26). The van der Waals surface area contributed by atoms with Gasteiger partial charge in [-0.25, -0.2) is 4.99 Å². The second-order valence-electron chi connectivity index (χ2n) is 6.87. The Hall–Kier alpha value is -3.60. The number of ether oxygens (including phenoxy) is 2. The number of amides is 2. The first-order chi connectivity index (χ1) is 14.9. The minimum Gasteiger partial charge on any atom is -0.486 e. The Morgan fingerprint density at radius 1 is 1.26 bits per heavy atom. The number of nitrogens with one attached hydrogen (secondary N) is 2. The third-order valence-corrected chi connectivity index (χ3v) is 5.61. The minimum absolute atomic E-state index is 0.0918. The molecule has 2 N–H and O–H groups in total. The van der Waals surface area contributed by atoms with Gasteiger partial charge in [-0.05, 0) is 30.7 Å². The van der Waals surface area contributed by atoms with Crippen molar-refractivity contribution in [1.82, 2.24) is 5.32 Å². The summed E-state index contributed by atoms with van der Waals surface area (Å²) in [6.45, 7) is 2.66. The van der Waals surface area contributed by atoms with E-state index in [1.165, 1.54) is 12.1 Å². The highest BCUT2D eigenvalue weighted by Gasteiger charge is 2.32. The van der Waals surface area contributed by atoms with Crippen molar-refractivity contribution in [2.24, 2.45) is 4.99 Å². The molecule has 1 fully saturated rings. The molecule has 0 aromatic heterocycles. The number of benzene rings is 2. The van der Waals surface area contributed by atoms with Gasteiger partial charge in [-0.1, -0.05) is 17.8 Å². The lowest BCUT2D eigenvalue weighted by atomic mass is 10.2. The Bertz CT molecular complexity index is 1100. The monoisotopic (exact) mass is 442 g/mol. The summed E-state index contributed by atoms with van der Waals surface area (Å²) in [6, 6.07) is 9.72. The number of anilines is 1. The number of nitro benzene ring substituents is 1. The number of amidine groups is 1. The third-order valence-electron chi connectivity index (χ3n) is 4.53. The van der Waals surface area contributed by atoms with E-state index in [4.69, 9.17) is 9.47 Å². The molecule has 2 aromatic carbocycles. The molecular weight excluding hydrogens is 424 g/mol. The lowest BCUT2D eigenvalue weighted by Crippen LogP contribution is -2.28. The number of aryl methyl sites for hydroxylation is 1. The summed E-state index contributed by atoms with van der Waals surface area (Å²) < 4.78 is 11.0. The van der Waals surface area contributed by atoms with Crippen LogP contribution in [0.4, 0.5) is 17.1 Å². The van der Waals surface area contributed by atoms with Crippen molar-refractivity contribution >= 4 is 45.8 Å². The summed E-state index contributed by atoms with van der Waals surface area (Å²) in [4.78, 5) is 39.7. The smallest absolute Gasteiger partial charge is 0.293 e. The van der Waals surface area contributed by atoms with Crippen LogP contribution in [0.5, 0.6) is 11.5 Å². The Morgan fingerprint density at radius 3 is 2.81 bits per heavy atom. The topological polar surface area (TPSA) is 132 Å². The van der Waals surface area contributed by atoms with Gasteiger partial charge in [-0.3, -0.25) is 19.7 Å². The molecule has 0 aliphatic carbocycles. The van der Waals surface area contributed by atoms with Crippen LogP contribution in [0.3, 0.4) is 0 Å². The van der Waals surface area contributed by atoms with Crippen LogP contribution in [0.15, 0.2) is 41.4 Å². The van der Waals surface area contributed by atoms with Crippen LogP contribution < -0.4 is 20.1 Å². The number of nitrogens with zero attached hydrogens (tertiary/aromatic N) is 2. The predicted molar refractivity (Wildman–Crippen MR) is 115 cm³/mol. The van der Waals surface area contributed by atoms with E-state index < -0.39 is 16.1 Å². The summed E-state index contributed by atoms with van der Waals surface area (Å²) in [5.41, 5.74) is 1.18. The molecule has 0 bridgehead atoms. The molecule has 0 spiro atoms. The molecule has 1 saturated heterocycles. The molecule has 1 unspecified atom stereocenters. The number of fused-ring (bicyclic) bond motifs is 1. The quantitative estimate of drug-likeness (QED) is 0.537. The summed E-state index contributed by atoms with van der Waals surface area (Å²) >= 11 is 1.13. The lowest BCUT2D eigenvalue weighted by molar-refractivity contribution is -0.384. The normalized spacial score (nSPS) is 18.5. The second kappa shape index (κ2) is 8.64. The van der Waals surface area contributed by atoms with Crippen molar-refractivity contribution in [3.05, 3.63) is 52.1 Å². The van der Waals surface area contributed by atoms with Gasteiger partial charge >= 0.3 is 0 Å². The number of carbonyl (C=O) groups is 2. The number of nitro groups is 1. The maximum Gasteiger partial charge on any atom is 0.293 e. The maximum absolute atomic E-state index is 12.4. The Balaban J connectivity index is 1.41. The van der Waals surface area contributed by atoms with E-state index in [2.05, 4.69) is 15.6 Å². The lowest BCUT2D eigenvalue weighted by Gasteiger charge is -2.18. The van der Waals surface area contributed by atoms with Gasteiger partial charge in [-0.15, -0.1) is 0 Å². The predicted octanol–water partition coefficient (Wildman–Crippen LogP) is 2.92. The van der Waals surface area contributed by atoms with Crippen molar-refractivity contribution in [2.75, 3.05) is 18.5 Å². The van der Waals surface area contributed by atoms with Crippen LogP contribution in [0.2, 0.25) is 0 Å². The fourth-order valence-electron chi connectivity index (χ4n) is 3.08. The summed E-state index contributed by atoms with van der Waals surface area (Å²) in [5, 5.41) is 16.1. The zero-order valence-corrected chi connectivity index (χ0v) is 17.2. The average molecular weight is 442 g/mol. The molecule has 2 heterocycles.